The maximum absolute atomic E-state index is 12.4. The Morgan fingerprint density at radius 3 is 2.32 bits per heavy atom. The van der Waals surface area contributed by atoms with Gasteiger partial charge in [-0.1, -0.05) is 12.1 Å². The van der Waals surface area contributed by atoms with Gasteiger partial charge in [-0.15, -0.1) is 0 Å². The first-order valence-electron chi connectivity index (χ1n) is 7.53. The van der Waals surface area contributed by atoms with Crippen molar-refractivity contribution in [3.8, 4) is 5.75 Å². The molecule has 1 aliphatic rings. The van der Waals surface area contributed by atoms with Crippen molar-refractivity contribution in [1.82, 2.24) is 0 Å². The summed E-state index contributed by atoms with van der Waals surface area (Å²) < 4.78 is 15.9. The quantitative estimate of drug-likeness (QED) is 0.786. The molecule has 2 rings (SSSR count). The SMILES string of the molecule is COc1ccc([C@@H]2CCC(=O)O[C@H](C)C[C@@H](C)OC2=O)cc1. The Kier molecular flexibility index (Phi) is 5.41. The third kappa shape index (κ3) is 4.23. The van der Waals surface area contributed by atoms with E-state index in [1.54, 1.807) is 19.2 Å². The summed E-state index contributed by atoms with van der Waals surface area (Å²) in [5, 5.41) is 0. The van der Waals surface area contributed by atoms with Crippen LogP contribution in [-0.2, 0) is 19.1 Å². The van der Waals surface area contributed by atoms with Crippen LogP contribution in [0.5, 0.6) is 5.75 Å². The van der Waals surface area contributed by atoms with Crippen LogP contribution in [0.1, 0.15) is 44.6 Å². The fraction of sp³-hybridized carbons (Fsp3) is 0.529. The van der Waals surface area contributed by atoms with Crippen LogP contribution in [0, 0.1) is 0 Å². The first-order chi connectivity index (χ1) is 10.5. The fourth-order valence-corrected chi connectivity index (χ4v) is 2.65. The van der Waals surface area contributed by atoms with Crippen LogP contribution in [-0.4, -0.2) is 31.3 Å². The Hall–Kier alpha value is -2.04. The average Bonchev–Trinajstić information content (AvgIpc) is 2.46. The maximum atomic E-state index is 12.4. The summed E-state index contributed by atoms with van der Waals surface area (Å²) in [4.78, 5) is 24.2. The summed E-state index contributed by atoms with van der Waals surface area (Å²) >= 11 is 0. The number of benzene rings is 1. The molecule has 120 valence electrons. The number of rotatable bonds is 2. The van der Waals surface area contributed by atoms with Crippen molar-refractivity contribution in [2.45, 2.75) is 51.2 Å². The topological polar surface area (TPSA) is 61.8 Å². The Labute approximate surface area is 130 Å². The lowest BCUT2D eigenvalue weighted by Crippen LogP contribution is -2.28. The summed E-state index contributed by atoms with van der Waals surface area (Å²) in [6.45, 7) is 3.62. The number of carbonyl (C=O) groups excluding carboxylic acids is 2. The molecular formula is C17H22O5. The van der Waals surface area contributed by atoms with Gasteiger partial charge in [-0.05, 0) is 38.0 Å². The summed E-state index contributed by atoms with van der Waals surface area (Å²) in [6, 6.07) is 7.25. The number of hydrogen-bond donors (Lipinski definition) is 0. The van der Waals surface area contributed by atoms with Crippen LogP contribution < -0.4 is 4.74 Å². The molecular weight excluding hydrogens is 284 g/mol. The zero-order valence-electron chi connectivity index (χ0n) is 13.2. The van der Waals surface area contributed by atoms with E-state index in [1.807, 2.05) is 26.0 Å². The molecule has 3 atom stereocenters. The average molecular weight is 306 g/mol. The number of ether oxygens (including phenoxy) is 3. The molecule has 0 unspecified atom stereocenters. The van der Waals surface area contributed by atoms with E-state index in [0.29, 0.717) is 12.8 Å². The van der Waals surface area contributed by atoms with Crippen molar-refractivity contribution in [3.63, 3.8) is 0 Å². The second-order valence-corrected chi connectivity index (χ2v) is 5.65. The van der Waals surface area contributed by atoms with Gasteiger partial charge in [0.25, 0.3) is 0 Å². The lowest BCUT2D eigenvalue weighted by molar-refractivity contribution is -0.158. The van der Waals surface area contributed by atoms with Crippen LogP contribution in [0.25, 0.3) is 0 Å². The Balaban J connectivity index is 2.19. The van der Waals surface area contributed by atoms with Gasteiger partial charge < -0.3 is 14.2 Å². The van der Waals surface area contributed by atoms with Crippen molar-refractivity contribution < 1.29 is 23.8 Å². The minimum absolute atomic E-state index is 0.199. The predicted molar refractivity (Wildman–Crippen MR) is 80.7 cm³/mol. The number of hydrogen-bond acceptors (Lipinski definition) is 5. The highest BCUT2D eigenvalue weighted by Gasteiger charge is 2.28. The second kappa shape index (κ2) is 7.29. The van der Waals surface area contributed by atoms with Crippen LogP contribution in [0.3, 0.4) is 0 Å². The number of carbonyl (C=O) groups is 2. The number of esters is 2. The Morgan fingerprint density at radius 1 is 1.05 bits per heavy atom. The van der Waals surface area contributed by atoms with E-state index in [1.165, 1.54) is 0 Å². The Bertz CT molecular complexity index is 522. The van der Waals surface area contributed by atoms with Gasteiger partial charge in [-0.3, -0.25) is 9.59 Å². The summed E-state index contributed by atoms with van der Waals surface area (Å²) in [5.74, 6) is -0.305. The maximum Gasteiger partial charge on any atom is 0.313 e. The van der Waals surface area contributed by atoms with Gasteiger partial charge in [-0.2, -0.15) is 0 Å². The van der Waals surface area contributed by atoms with Gasteiger partial charge >= 0.3 is 11.9 Å². The summed E-state index contributed by atoms with van der Waals surface area (Å²) in [5.41, 5.74) is 0.819. The summed E-state index contributed by atoms with van der Waals surface area (Å²) in [7, 11) is 1.59. The van der Waals surface area contributed by atoms with Crippen LogP contribution in [0.4, 0.5) is 0 Å². The van der Waals surface area contributed by atoms with Gasteiger partial charge in [-0.25, -0.2) is 0 Å². The third-order valence-corrected chi connectivity index (χ3v) is 3.75. The molecule has 0 N–H and O–H groups in total. The van der Waals surface area contributed by atoms with E-state index in [-0.39, 0.29) is 30.6 Å². The van der Waals surface area contributed by atoms with Crippen molar-refractivity contribution >= 4 is 11.9 Å². The Morgan fingerprint density at radius 2 is 1.68 bits per heavy atom. The molecule has 1 fully saturated rings. The monoisotopic (exact) mass is 306 g/mol. The van der Waals surface area contributed by atoms with Gasteiger partial charge in [0.1, 0.15) is 18.0 Å². The van der Waals surface area contributed by atoms with Gasteiger partial charge in [0.2, 0.25) is 0 Å². The standard InChI is InChI=1S/C17H22O5/c1-11-10-12(2)22-17(19)15(8-9-16(18)21-11)13-4-6-14(20-3)7-5-13/h4-7,11-12,15H,8-10H2,1-3H3/t11-,12-,15+/m1/s1. The van der Waals surface area contributed by atoms with Gasteiger partial charge in [0.15, 0.2) is 0 Å². The van der Waals surface area contributed by atoms with Crippen molar-refractivity contribution in [1.29, 1.82) is 0 Å². The van der Waals surface area contributed by atoms with E-state index in [0.717, 1.165) is 11.3 Å². The molecule has 1 aliphatic heterocycles. The number of cyclic esters (lactones) is 2. The first kappa shape index (κ1) is 16.3. The molecule has 0 amide bonds. The van der Waals surface area contributed by atoms with E-state index in [2.05, 4.69) is 0 Å². The van der Waals surface area contributed by atoms with Crippen molar-refractivity contribution in [2.75, 3.05) is 7.11 Å². The predicted octanol–water partition coefficient (Wildman–Crippen LogP) is 2.83. The van der Waals surface area contributed by atoms with Gasteiger partial charge in [0.05, 0.1) is 13.0 Å². The highest BCUT2D eigenvalue weighted by Crippen LogP contribution is 2.27. The smallest absolute Gasteiger partial charge is 0.313 e. The van der Waals surface area contributed by atoms with Crippen molar-refractivity contribution in [2.24, 2.45) is 0 Å². The molecule has 0 saturated carbocycles. The van der Waals surface area contributed by atoms with E-state index in [9.17, 15) is 9.59 Å². The van der Waals surface area contributed by atoms with E-state index >= 15 is 0 Å². The van der Waals surface area contributed by atoms with Gasteiger partial charge in [0, 0.05) is 12.8 Å². The highest BCUT2D eigenvalue weighted by atomic mass is 16.6. The zero-order chi connectivity index (χ0) is 16.1. The molecule has 22 heavy (non-hydrogen) atoms. The molecule has 5 heteroatoms. The molecule has 0 radical (unpaired) electrons. The molecule has 0 spiro atoms. The molecule has 1 heterocycles. The number of methoxy groups -OCH3 is 1. The summed E-state index contributed by atoms with van der Waals surface area (Å²) in [6.07, 6.45) is 0.558. The third-order valence-electron chi connectivity index (χ3n) is 3.75. The zero-order valence-corrected chi connectivity index (χ0v) is 13.2. The largest absolute Gasteiger partial charge is 0.497 e. The fourth-order valence-electron chi connectivity index (χ4n) is 2.65. The van der Waals surface area contributed by atoms with Crippen LogP contribution in [0.15, 0.2) is 24.3 Å². The van der Waals surface area contributed by atoms with E-state index < -0.39 is 5.92 Å². The lowest BCUT2D eigenvalue weighted by atomic mass is 9.94. The highest BCUT2D eigenvalue weighted by molar-refractivity contribution is 5.79. The minimum atomic E-state index is -0.464. The van der Waals surface area contributed by atoms with Crippen molar-refractivity contribution in [3.05, 3.63) is 29.8 Å². The molecule has 1 aromatic carbocycles. The first-order valence-corrected chi connectivity index (χ1v) is 7.53. The lowest BCUT2D eigenvalue weighted by Gasteiger charge is -2.24. The molecule has 0 bridgehead atoms. The molecule has 0 aromatic heterocycles. The second-order valence-electron chi connectivity index (χ2n) is 5.65. The normalized spacial score (nSPS) is 26.8. The molecule has 1 aromatic rings. The molecule has 1 saturated heterocycles. The minimum Gasteiger partial charge on any atom is -0.497 e. The van der Waals surface area contributed by atoms with Crippen LogP contribution >= 0.6 is 0 Å². The molecule has 5 nitrogen and oxygen atoms in total. The van der Waals surface area contributed by atoms with E-state index in [4.69, 9.17) is 14.2 Å². The van der Waals surface area contributed by atoms with Crippen LogP contribution in [0.2, 0.25) is 0 Å². The molecule has 0 aliphatic carbocycles.